The van der Waals surface area contributed by atoms with Gasteiger partial charge in [-0.1, -0.05) is 12.1 Å². The molecule has 0 aliphatic heterocycles. The summed E-state index contributed by atoms with van der Waals surface area (Å²) in [6.07, 6.45) is -4.43. The maximum absolute atomic E-state index is 14.1. The molecule has 0 bridgehead atoms. The first-order valence-corrected chi connectivity index (χ1v) is 8.57. The Kier molecular flexibility index (Phi) is 5.32. The van der Waals surface area contributed by atoms with Crippen LogP contribution in [0.5, 0.6) is 5.75 Å². The summed E-state index contributed by atoms with van der Waals surface area (Å²) in [5.41, 5.74) is 4.17. The highest BCUT2D eigenvalue weighted by Crippen LogP contribution is 2.31. The number of ether oxygens (including phenoxy) is 1. The lowest BCUT2D eigenvalue weighted by molar-refractivity contribution is -0.137. The molecule has 0 atom stereocenters. The Hall–Kier alpha value is -3.01. The van der Waals surface area contributed by atoms with E-state index in [1.54, 1.807) is 5.38 Å². The van der Waals surface area contributed by atoms with Crippen molar-refractivity contribution in [2.45, 2.75) is 12.8 Å². The number of thiazole rings is 1. The number of nitrogens with zero attached hydrogens (tertiary/aromatic N) is 1. The van der Waals surface area contributed by atoms with Gasteiger partial charge in [-0.05, 0) is 24.3 Å². The molecule has 146 valence electrons. The lowest BCUT2D eigenvalue weighted by Gasteiger charge is -2.08. The summed E-state index contributed by atoms with van der Waals surface area (Å²) in [7, 11) is 0. The fourth-order valence-corrected chi connectivity index (χ4v) is 3.06. The number of amides is 1. The highest BCUT2D eigenvalue weighted by atomic mass is 32.1. The van der Waals surface area contributed by atoms with E-state index >= 15 is 0 Å². The van der Waals surface area contributed by atoms with Crippen molar-refractivity contribution in [3.05, 3.63) is 69.5 Å². The van der Waals surface area contributed by atoms with Crippen LogP contribution < -0.4 is 10.5 Å². The van der Waals surface area contributed by atoms with Gasteiger partial charge < -0.3 is 10.5 Å². The number of rotatable bonds is 5. The highest BCUT2D eigenvalue weighted by molar-refractivity contribution is 7.09. The zero-order valence-corrected chi connectivity index (χ0v) is 14.7. The molecule has 28 heavy (non-hydrogen) atoms. The van der Waals surface area contributed by atoms with Crippen molar-refractivity contribution in [2.75, 3.05) is 0 Å². The zero-order chi connectivity index (χ0) is 20.5. The Bertz CT molecular complexity index is 1020. The summed E-state index contributed by atoms with van der Waals surface area (Å²) in [5.74, 6) is -3.95. The van der Waals surface area contributed by atoms with Gasteiger partial charge in [0.05, 0.1) is 11.3 Å². The van der Waals surface area contributed by atoms with Crippen LogP contribution in [0.2, 0.25) is 0 Å². The van der Waals surface area contributed by atoms with Gasteiger partial charge in [0.15, 0.2) is 11.6 Å². The molecule has 4 nitrogen and oxygen atoms in total. The topological polar surface area (TPSA) is 65.2 Å². The second-order valence-electron chi connectivity index (χ2n) is 5.59. The van der Waals surface area contributed by atoms with E-state index < -0.39 is 34.8 Å². The van der Waals surface area contributed by atoms with E-state index in [2.05, 4.69) is 4.98 Å². The molecule has 10 heteroatoms. The fraction of sp³-hybridized carbons (Fsp3) is 0.111. The minimum absolute atomic E-state index is 0.188. The number of benzene rings is 2. The number of halogens is 5. The second kappa shape index (κ2) is 7.55. The molecule has 0 saturated carbocycles. The van der Waals surface area contributed by atoms with Crippen LogP contribution in [0.25, 0.3) is 11.3 Å². The summed E-state index contributed by atoms with van der Waals surface area (Å²) < 4.78 is 70.6. The molecule has 0 fully saturated rings. The van der Waals surface area contributed by atoms with E-state index in [1.165, 1.54) is 12.1 Å². The zero-order valence-electron chi connectivity index (χ0n) is 13.9. The molecule has 1 heterocycles. The second-order valence-corrected chi connectivity index (χ2v) is 6.53. The van der Waals surface area contributed by atoms with Crippen LogP contribution in [0.15, 0.2) is 41.8 Å². The van der Waals surface area contributed by atoms with Crippen molar-refractivity contribution in [1.29, 1.82) is 0 Å². The molecule has 0 radical (unpaired) electrons. The van der Waals surface area contributed by atoms with Crippen LogP contribution >= 0.6 is 11.3 Å². The number of primary amides is 1. The molecule has 0 unspecified atom stereocenters. The molecule has 3 rings (SSSR count). The third-order valence-corrected chi connectivity index (χ3v) is 4.54. The minimum atomic E-state index is -4.43. The molecular weight excluding hydrogens is 403 g/mol. The molecule has 0 saturated heterocycles. The monoisotopic (exact) mass is 414 g/mol. The summed E-state index contributed by atoms with van der Waals surface area (Å²) in [6.45, 7) is -0.188. The van der Waals surface area contributed by atoms with E-state index in [0.717, 1.165) is 35.6 Å². The predicted molar refractivity (Wildman–Crippen MR) is 91.8 cm³/mol. The van der Waals surface area contributed by atoms with Crippen molar-refractivity contribution in [1.82, 2.24) is 4.98 Å². The first-order valence-electron chi connectivity index (χ1n) is 7.69. The van der Waals surface area contributed by atoms with Crippen molar-refractivity contribution in [3.63, 3.8) is 0 Å². The lowest BCUT2D eigenvalue weighted by atomic mass is 10.1. The molecular formula is C18H11F5N2O2S. The van der Waals surface area contributed by atoms with Crippen LogP contribution in [-0.4, -0.2) is 10.9 Å². The standard InChI is InChI=1S/C18H11F5N2O2S/c19-11-5-6-13(16(20)15(11)17(24)26)27-7-14-25-12(8-28-14)9-1-3-10(4-2-9)18(21,22)23/h1-6,8H,7H2,(H2,24,26). The Morgan fingerprint density at radius 1 is 1.11 bits per heavy atom. The maximum Gasteiger partial charge on any atom is 0.416 e. The SMILES string of the molecule is NC(=O)c1c(F)ccc(OCc2nc(-c3ccc(C(F)(F)F)cc3)cs2)c1F. The van der Waals surface area contributed by atoms with Gasteiger partial charge in [-0.25, -0.2) is 13.8 Å². The van der Waals surface area contributed by atoms with E-state index in [4.69, 9.17) is 10.5 Å². The predicted octanol–water partition coefficient (Wildman–Crippen LogP) is 4.79. The van der Waals surface area contributed by atoms with Gasteiger partial charge in [0.25, 0.3) is 5.91 Å². The van der Waals surface area contributed by atoms with Gasteiger partial charge in [-0.2, -0.15) is 13.2 Å². The number of hydrogen-bond donors (Lipinski definition) is 1. The van der Waals surface area contributed by atoms with Crippen LogP contribution in [-0.2, 0) is 12.8 Å². The summed E-state index contributed by atoms with van der Waals surface area (Å²) in [4.78, 5) is 15.3. The van der Waals surface area contributed by atoms with Gasteiger partial charge in [-0.15, -0.1) is 11.3 Å². The molecule has 0 aliphatic carbocycles. The van der Waals surface area contributed by atoms with Crippen LogP contribution in [0.1, 0.15) is 20.9 Å². The highest BCUT2D eigenvalue weighted by Gasteiger charge is 2.30. The van der Waals surface area contributed by atoms with E-state index in [0.29, 0.717) is 16.3 Å². The van der Waals surface area contributed by atoms with Crippen LogP contribution in [0.3, 0.4) is 0 Å². The average Bonchev–Trinajstić information content (AvgIpc) is 3.09. The third kappa shape index (κ3) is 4.11. The molecule has 0 spiro atoms. The van der Waals surface area contributed by atoms with Gasteiger partial charge in [0, 0.05) is 10.9 Å². The quantitative estimate of drug-likeness (QED) is 0.611. The molecule has 3 aromatic rings. The lowest BCUT2D eigenvalue weighted by Crippen LogP contribution is -2.16. The number of carbonyl (C=O) groups excluding carboxylic acids is 1. The Morgan fingerprint density at radius 3 is 2.39 bits per heavy atom. The molecule has 1 amide bonds. The molecule has 1 aromatic heterocycles. The average molecular weight is 414 g/mol. The van der Waals surface area contributed by atoms with E-state index in [-0.39, 0.29) is 12.4 Å². The summed E-state index contributed by atoms with van der Waals surface area (Å²) >= 11 is 1.15. The van der Waals surface area contributed by atoms with Gasteiger partial charge in [-0.3, -0.25) is 4.79 Å². The van der Waals surface area contributed by atoms with E-state index in [1.807, 2.05) is 0 Å². The first-order chi connectivity index (χ1) is 13.2. The van der Waals surface area contributed by atoms with Gasteiger partial charge in [0.2, 0.25) is 0 Å². The summed E-state index contributed by atoms with van der Waals surface area (Å²) in [6, 6.07) is 6.35. The molecule has 2 aromatic carbocycles. The number of aromatic nitrogens is 1. The van der Waals surface area contributed by atoms with Crippen molar-refractivity contribution >= 4 is 17.2 Å². The smallest absolute Gasteiger partial charge is 0.416 e. The van der Waals surface area contributed by atoms with Gasteiger partial charge in [0.1, 0.15) is 23.0 Å². The minimum Gasteiger partial charge on any atom is -0.483 e. The van der Waals surface area contributed by atoms with Crippen molar-refractivity contribution < 1.29 is 31.5 Å². The normalized spacial score (nSPS) is 11.5. The van der Waals surface area contributed by atoms with E-state index in [9.17, 15) is 26.7 Å². The number of carbonyl (C=O) groups is 1. The van der Waals surface area contributed by atoms with Crippen LogP contribution in [0, 0.1) is 11.6 Å². The van der Waals surface area contributed by atoms with Crippen LogP contribution in [0.4, 0.5) is 22.0 Å². The van der Waals surface area contributed by atoms with Gasteiger partial charge >= 0.3 is 6.18 Å². The van der Waals surface area contributed by atoms with Crippen molar-refractivity contribution in [3.8, 4) is 17.0 Å². The largest absolute Gasteiger partial charge is 0.483 e. The Balaban J connectivity index is 1.74. The number of alkyl halides is 3. The number of nitrogens with two attached hydrogens (primary N) is 1. The van der Waals surface area contributed by atoms with Crippen molar-refractivity contribution in [2.24, 2.45) is 5.73 Å². The Morgan fingerprint density at radius 2 is 1.79 bits per heavy atom. The first kappa shape index (κ1) is 19.7. The fourth-order valence-electron chi connectivity index (χ4n) is 2.35. The number of hydrogen-bond acceptors (Lipinski definition) is 4. The third-order valence-electron chi connectivity index (χ3n) is 3.71. The molecule has 0 aliphatic rings. The maximum atomic E-state index is 14.1. The molecule has 2 N–H and O–H groups in total. The summed E-state index contributed by atoms with van der Waals surface area (Å²) in [5, 5.41) is 2.01. The Labute approximate surface area is 159 Å².